The molecular weight excluding hydrogens is 304 g/mol. The van der Waals surface area contributed by atoms with E-state index < -0.39 is 26.7 Å². The number of sulfone groups is 1. The number of nitrogens with two attached hydrogens (primary N) is 1. The highest BCUT2D eigenvalue weighted by molar-refractivity contribution is 7.92. The van der Waals surface area contributed by atoms with Crippen LogP contribution in [-0.2, 0) is 14.6 Å². The van der Waals surface area contributed by atoms with E-state index in [1.165, 1.54) is 27.0 Å². The topological polar surface area (TPSA) is 98.5 Å². The van der Waals surface area contributed by atoms with E-state index in [0.29, 0.717) is 17.1 Å². The Balaban J connectivity index is 0.00000361. The van der Waals surface area contributed by atoms with Crippen molar-refractivity contribution in [3.8, 4) is 5.75 Å². The summed E-state index contributed by atoms with van der Waals surface area (Å²) in [4.78, 5) is 11.7. The summed E-state index contributed by atoms with van der Waals surface area (Å²) >= 11 is 0. The molecule has 1 rings (SSSR count). The standard InChI is InChI=1S/C12H18N2O4S.ClH/c1-8(2)19(16,17)7-12(15)14-11-6-9(18-3)4-5-10(11)13;/h4-6,8H,7,13H2,1-3H3,(H,14,15);1H. The Bertz CT molecular complexity index is 573. The van der Waals surface area contributed by atoms with E-state index >= 15 is 0 Å². The molecule has 8 heteroatoms. The van der Waals surface area contributed by atoms with Crippen molar-refractivity contribution >= 4 is 39.5 Å². The van der Waals surface area contributed by atoms with Crippen molar-refractivity contribution < 1.29 is 17.9 Å². The second-order valence-corrected chi connectivity index (χ2v) is 6.91. The monoisotopic (exact) mass is 322 g/mol. The first-order chi connectivity index (χ1) is 8.76. The van der Waals surface area contributed by atoms with Crippen molar-refractivity contribution in [2.45, 2.75) is 19.1 Å². The molecule has 0 aliphatic heterocycles. The Morgan fingerprint density at radius 1 is 1.40 bits per heavy atom. The average Bonchev–Trinajstić information content (AvgIpc) is 2.31. The lowest BCUT2D eigenvalue weighted by atomic mass is 10.2. The maximum atomic E-state index is 11.7. The molecular formula is C12H19ClN2O4S. The van der Waals surface area contributed by atoms with Gasteiger partial charge < -0.3 is 15.8 Å². The van der Waals surface area contributed by atoms with E-state index in [2.05, 4.69) is 5.32 Å². The lowest BCUT2D eigenvalue weighted by Gasteiger charge is -2.11. The van der Waals surface area contributed by atoms with Crippen LogP contribution >= 0.6 is 12.4 Å². The van der Waals surface area contributed by atoms with Crippen molar-refractivity contribution in [2.24, 2.45) is 0 Å². The minimum absolute atomic E-state index is 0. The highest BCUT2D eigenvalue weighted by Crippen LogP contribution is 2.24. The summed E-state index contributed by atoms with van der Waals surface area (Å²) in [6.45, 7) is 3.06. The first-order valence-electron chi connectivity index (χ1n) is 5.71. The molecule has 0 saturated heterocycles. The van der Waals surface area contributed by atoms with Gasteiger partial charge in [-0.3, -0.25) is 4.79 Å². The summed E-state index contributed by atoms with van der Waals surface area (Å²) < 4.78 is 28.2. The van der Waals surface area contributed by atoms with Gasteiger partial charge in [-0.1, -0.05) is 0 Å². The van der Waals surface area contributed by atoms with Crippen LogP contribution in [0.3, 0.4) is 0 Å². The Kier molecular flexibility index (Phi) is 6.81. The van der Waals surface area contributed by atoms with Gasteiger partial charge in [-0.05, 0) is 26.0 Å². The zero-order valence-corrected chi connectivity index (χ0v) is 13.2. The van der Waals surface area contributed by atoms with Gasteiger partial charge in [0.15, 0.2) is 9.84 Å². The minimum Gasteiger partial charge on any atom is -0.497 e. The highest BCUT2D eigenvalue weighted by atomic mass is 35.5. The molecule has 0 fully saturated rings. The number of amides is 1. The number of benzene rings is 1. The Hall–Kier alpha value is -1.47. The van der Waals surface area contributed by atoms with E-state index in [0.717, 1.165) is 0 Å². The van der Waals surface area contributed by atoms with E-state index in [4.69, 9.17) is 10.5 Å². The van der Waals surface area contributed by atoms with Crippen molar-refractivity contribution in [3.63, 3.8) is 0 Å². The first-order valence-corrected chi connectivity index (χ1v) is 7.42. The fraction of sp³-hybridized carbons (Fsp3) is 0.417. The van der Waals surface area contributed by atoms with Gasteiger partial charge in [0.2, 0.25) is 5.91 Å². The molecule has 6 nitrogen and oxygen atoms in total. The molecule has 3 N–H and O–H groups in total. The number of hydrogen-bond donors (Lipinski definition) is 2. The number of methoxy groups -OCH3 is 1. The quantitative estimate of drug-likeness (QED) is 0.800. The summed E-state index contributed by atoms with van der Waals surface area (Å²) in [6.07, 6.45) is 0. The van der Waals surface area contributed by atoms with Crippen LogP contribution in [0.2, 0.25) is 0 Å². The molecule has 0 aliphatic rings. The lowest BCUT2D eigenvalue weighted by molar-refractivity contribution is -0.113. The summed E-state index contributed by atoms with van der Waals surface area (Å²) in [6, 6.07) is 4.76. The molecule has 20 heavy (non-hydrogen) atoms. The van der Waals surface area contributed by atoms with Crippen LogP contribution in [0, 0.1) is 0 Å². The molecule has 0 aliphatic carbocycles. The third-order valence-electron chi connectivity index (χ3n) is 2.59. The SMILES string of the molecule is COc1ccc(N)c(NC(=O)CS(=O)(=O)C(C)C)c1.Cl. The largest absolute Gasteiger partial charge is 0.497 e. The lowest BCUT2D eigenvalue weighted by Crippen LogP contribution is -2.28. The van der Waals surface area contributed by atoms with Gasteiger partial charge in [-0.2, -0.15) is 0 Å². The smallest absolute Gasteiger partial charge is 0.239 e. The van der Waals surface area contributed by atoms with Crippen LogP contribution in [-0.4, -0.2) is 32.4 Å². The predicted molar refractivity (Wildman–Crippen MR) is 82.2 cm³/mol. The molecule has 0 radical (unpaired) electrons. The second-order valence-electron chi connectivity index (χ2n) is 4.36. The summed E-state index contributed by atoms with van der Waals surface area (Å²) in [5.41, 5.74) is 6.38. The van der Waals surface area contributed by atoms with Gasteiger partial charge in [-0.25, -0.2) is 8.42 Å². The number of nitrogens with one attached hydrogen (secondary N) is 1. The van der Waals surface area contributed by atoms with E-state index in [1.807, 2.05) is 0 Å². The van der Waals surface area contributed by atoms with Gasteiger partial charge in [0.1, 0.15) is 11.5 Å². The zero-order valence-electron chi connectivity index (χ0n) is 11.5. The van der Waals surface area contributed by atoms with Gasteiger partial charge in [-0.15, -0.1) is 12.4 Å². The molecule has 0 unspecified atom stereocenters. The number of halogens is 1. The van der Waals surface area contributed by atoms with Gasteiger partial charge in [0, 0.05) is 6.07 Å². The summed E-state index contributed by atoms with van der Waals surface area (Å²) in [5.74, 6) is -0.661. The van der Waals surface area contributed by atoms with Crippen molar-refractivity contribution in [2.75, 3.05) is 23.9 Å². The molecule has 0 aromatic heterocycles. The van der Waals surface area contributed by atoms with Crippen LogP contribution in [0.4, 0.5) is 11.4 Å². The van der Waals surface area contributed by atoms with Crippen LogP contribution < -0.4 is 15.8 Å². The number of carbonyl (C=O) groups excluding carboxylic acids is 1. The summed E-state index contributed by atoms with van der Waals surface area (Å²) in [7, 11) is -1.94. The molecule has 0 spiro atoms. The van der Waals surface area contributed by atoms with Gasteiger partial charge in [0.05, 0.1) is 23.7 Å². The molecule has 114 valence electrons. The fourth-order valence-corrected chi connectivity index (χ4v) is 2.08. The molecule has 0 heterocycles. The zero-order chi connectivity index (χ0) is 14.6. The van der Waals surface area contributed by atoms with E-state index in [9.17, 15) is 13.2 Å². The Morgan fingerprint density at radius 2 is 2.00 bits per heavy atom. The molecule has 1 aromatic carbocycles. The van der Waals surface area contributed by atoms with Crippen LogP contribution in [0.15, 0.2) is 18.2 Å². The third kappa shape index (κ3) is 4.90. The maximum Gasteiger partial charge on any atom is 0.239 e. The molecule has 0 atom stereocenters. The van der Waals surface area contributed by atoms with Crippen LogP contribution in [0.25, 0.3) is 0 Å². The summed E-state index contributed by atoms with van der Waals surface area (Å²) in [5, 5.41) is 1.88. The number of carbonyl (C=O) groups is 1. The molecule has 1 amide bonds. The minimum atomic E-state index is -3.43. The second kappa shape index (κ2) is 7.35. The van der Waals surface area contributed by atoms with Gasteiger partial charge >= 0.3 is 0 Å². The Morgan fingerprint density at radius 3 is 2.50 bits per heavy atom. The van der Waals surface area contributed by atoms with Crippen molar-refractivity contribution in [3.05, 3.63) is 18.2 Å². The average molecular weight is 323 g/mol. The normalized spacial score (nSPS) is 10.8. The molecule has 0 saturated carbocycles. The van der Waals surface area contributed by atoms with Crippen molar-refractivity contribution in [1.82, 2.24) is 0 Å². The van der Waals surface area contributed by atoms with E-state index in [-0.39, 0.29) is 12.4 Å². The van der Waals surface area contributed by atoms with E-state index in [1.54, 1.807) is 12.1 Å². The van der Waals surface area contributed by atoms with Gasteiger partial charge in [0.25, 0.3) is 0 Å². The number of hydrogen-bond acceptors (Lipinski definition) is 5. The highest BCUT2D eigenvalue weighted by Gasteiger charge is 2.21. The van der Waals surface area contributed by atoms with Crippen LogP contribution in [0.1, 0.15) is 13.8 Å². The Labute approximate surface area is 125 Å². The maximum absolute atomic E-state index is 11.7. The molecule has 1 aromatic rings. The predicted octanol–water partition coefficient (Wildman–Crippen LogP) is 1.46. The molecule has 0 bridgehead atoms. The number of nitrogen functional groups attached to an aromatic ring is 1. The number of ether oxygens (including phenoxy) is 1. The van der Waals surface area contributed by atoms with Crippen LogP contribution in [0.5, 0.6) is 5.75 Å². The first kappa shape index (κ1) is 18.5. The van der Waals surface area contributed by atoms with Crippen molar-refractivity contribution in [1.29, 1.82) is 0 Å². The number of anilines is 2. The number of rotatable bonds is 5. The third-order valence-corrected chi connectivity index (χ3v) is 4.69. The fourth-order valence-electron chi connectivity index (χ4n) is 1.31.